The standard InChI is InChI=1S/C14H26N2O4/c1-5-11-7-6-8-16(11)14(18)13(10(2)20-4)15-12(17)9-19-3/h10-11,13H,5-9H2,1-4H3,(H,15,17). The first-order valence-electron chi connectivity index (χ1n) is 7.16. The molecule has 0 bridgehead atoms. The maximum absolute atomic E-state index is 12.6. The second-order valence-electron chi connectivity index (χ2n) is 5.15. The summed E-state index contributed by atoms with van der Waals surface area (Å²) in [4.78, 5) is 26.2. The summed E-state index contributed by atoms with van der Waals surface area (Å²) in [6.45, 7) is 4.56. The van der Waals surface area contributed by atoms with E-state index >= 15 is 0 Å². The van der Waals surface area contributed by atoms with Crippen molar-refractivity contribution in [1.29, 1.82) is 0 Å². The number of ether oxygens (including phenoxy) is 2. The van der Waals surface area contributed by atoms with Crippen LogP contribution >= 0.6 is 0 Å². The second kappa shape index (κ2) is 8.21. The largest absolute Gasteiger partial charge is 0.379 e. The molecule has 20 heavy (non-hydrogen) atoms. The highest BCUT2D eigenvalue weighted by atomic mass is 16.5. The van der Waals surface area contributed by atoms with Gasteiger partial charge in [0.05, 0.1) is 6.10 Å². The smallest absolute Gasteiger partial charge is 0.248 e. The Bertz CT molecular complexity index is 335. The molecule has 1 N–H and O–H groups in total. The molecule has 6 heteroatoms. The van der Waals surface area contributed by atoms with E-state index in [1.165, 1.54) is 14.2 Å². The molecule has 1 rings (SSSR count). The third-order valence-electron chi connectivity index (χ3n) is 3.83. The number of hydrogen-bond acceptors (Lipinski definition) is 4. The van der Waals surface area contributed by atoms with Crippen molar-refractivity contribution in [2.45, 2.75) is 51.3 Å². The molecule has 0 aliphatic carbocycles. The number of likely N-dealkylation sites (tertiary alicyclic amines) is 1. The molecule has 0 spiro atoms. The van der Waals surface area contributed by atoms with Crippen molar-refractivity contribution in [2.24, 2.45) is 0 Å². The van der Waals surface area contributed by atoms with E-state index < -0.39 is 6.04 Å². The molecule has 1 aliphatic rings. The van der Waals surface area contributed by atoms with Gasteiger partial charge in [0, 0.05) is 26.8 Å². The molecule has 0 aromatic rings. The van der Waals surface area contributed by atoms with Gasteiger partial charge in [-0.1, -0.05) is 6.92 Å². The van der Waals surface area contributed by atoms with Crippen LogP contribution in [-0.4, -0.2) is 62.3 Å². The average Bonchev–Trinajstić information content (AvgIpc) is 2.92. The monoisotopic (exact) mass is 286 g/mol. The average molecular weight is 286 g/mol. The fourth-order valence-corrected chi connectivity index (χ4v) is 2.59. The van der Waals surface area contributed by atoms with Gasteiger partial charge in [-0.15, -0.1) is 0 Å². The number of hydrogen-bond donors (Lipinski definition) is 1. The fraction of sp³-hybridized carbons (Fsp3) is 0.857. The molecule has 0 radical (unpaired) electrons. The van der Waals surface area contributed by atoms with Crippen LogP contribution in [0.4, 0.5) is 0 Å². The van der Waals surface area contributed by atoms with E-state index in [1.54, 1.807) is 6.92 Å². The lowest BCUT2D eigenvalue weighted by molar-refractivity contribution is -0.141. The van der Waals surface area contributed by atoms with Crippen LogP contribution in [0, 0.1) is 0 Å². The summed E-state index contributed by atoms with van der Waals surface area (Å²) in [6.07, 6.45) is 2.61. The zero-order valence-corrected chi connectivity index (χ0v) is 12.8. The first-order valence-corrected chi connectivity index (χ1v) is 7.16. The Kier molecular flexibility index (Phi) is 6.95. The van der Waals surface area contributed by atoms with Crippen molar-refractivity contribution in [1.82, 2.24) is 10.2 Å². The summed E-state index contributed by atoms with van der Waals surface area (Å²) < 4.78 is 10.0. The van der Waals surface area contributed by atoms with Gasteiger partial charge in [0.25, 0.3) is 0 Å². The van der Waals surface area contributed by atoms with Gasteiger partial charge in [-0.05, 0) is 26.2 Å². The summed E-state index contributed by atoms with van der Waals surface area (Å²) in [6, 6.07) is -0.386. The van der Waals surface area contributed by atoms with Gasteiger partial charge in [-0.25, -0.2) is 0 Å². The van der Waals surface area contributed by atoms with Crippen LogP contribution in [-0.2, 0) is 19.1 Å². The van der Waals surface area contributed by atoms with E-state index in [1.807, 2.05) is 4.90 Å². The predicted molar refractivity (Wildman–Crippen MR) is 75.3 cm³/mol. The quantitative estimate of drug-likeness (QED) is 0.742. The van der Waals surface area contributed by atoms with Gasteiger partial charge in [-0.3, -0.25) is 9.59 Å². The maximum atomic E-state index is 12.6. The molecule has 0 saturated carbocycles. The normalized spacial score (nSPS) is 21.6. The van der Waals surface area contributed by atoms with E-state index in [9.17, 15) is 9.59 Å². The molecule has 1 heterocycles. The molecule has 1 fully saturated rings. The first kappa shape index (κ1) is 16.9. The molecular weight excluding hydrogens is 260 g/mol. The number of nitrogens with one attached hydrogen (secondary N) is 1. The molecule has 3 unspecified atom stereocenters. The number of carbonyl (C=O) groups excluding carboxylic acids is 2. The summed E-state index contributed by atoms with van der Waals surface area (Å²) in [7, 11) is 2.98. The summed E-state index contributed by atoms with van der Waals surface area (Å²) in [5, 5.41) is 2.71. The number of methoxy groups -OCH3 is 2. The van der Waals surface area contributed by atoms with Crippen LogP contribution in [0.3, 0.4) is 0 Å². The Morgan fingerprint density at radius 2 is 2.10 bits per heavy atom. The van der Waals surface area contributed by atoms with Crippen LogP contribution in [0.15, 0.2) is 0 Å². The van der Waals surface area contributed by atoms with Crippen molar-refractivity contribution in [3.8, 4) is 0 Å². The number of rotatable bonds is 7. The van der Waals surface area contributed by atoms with Crippen molar-refractivity contribution in [3.05, 3.63) is 0 Å². The third-order valence-corrected chi connectivity index (χ3v) is 3.83. The molecule has 3 atom stereocenters. The minimum absolute atomic E-state index is 0.0581. The predicted octanol–water partition coefficient (Wildman–Crippen LogP) is 0.554. The molecule has 2 amide bonds. The minimum atomic E-state index is -0.658. The second-order valence-corrected chi connectivity index (χ2v) is 5.15. The van der Waals surface area contributed by atoms with E-state index in [4.69, 9.17) is 9.47 Å². The molecular formula is C14H26N2O4. The van der Waals surface area contributed by atoms with Crippen LogP contribution in [0.1, 0.15) is 33.1 Å². The van der Waals surface area contributed by atoms with Crippen LogP contribution in [0.25, 0.3) is 0 Å². The topological polar surface area (TPSA) is 67.9 Å². The maximum Gasteiger partial charge on any atom is 0.248 e. The molecule has 1 aliphatic heterocycles. The lowest BCUT2D eigenvalue weighted by Gasteiger charge is -2.31. The SMILES string of the molecule is CCC1CCCN1C(=O)C(NC(=O)COC)C(C)OC. The van der Waals surface area contributed by atoms with E-state index in [0.29, 0.717) is 0 Å². The molecule has 116 valence electrons. The highest BCUT2D eigenvalue weighted by molar-refractivity contribution is 5.89. The third kappa shape index (κ3) is 4.18. The van der Waals surface area contributed by atoms with Crippen molar-refractivity contribution in [3.63, 3.8) is 0 Å². The minimum Gasteiger partial charge on any atom is -0.379 e. The van der Waals surface area contributed by atoms with Crippen molar-refractivity contribution >= 4 is 11.8 Å². The van der Waals surface area contributed by atoms with Crippen molar-refractivity contribution in [2.75, 3.05) is 27.4 Å². The van der Waals surface area contributed by atoms with Crippen LogP contribution in [0.2, 0.25) is 0 Å². The Hall–Kier alpha value is -1.14. The molecule has 0 aromatic carbocycles. The number of carbonyl (C=O) groups is 2. The van der Waals surface area contributed by atoms with Crippen molar-refractivity contribution < 1.29 is 19.1 Å². The zero-order valence-electron chi connectivity index (χ0n) is 12.8. The van der Waals surface area contributed by atoms with Gasteiger partial charge >= 0.3 is 0 Å². The van der Waals surface area contributed by atoms with Crippen LogP contribution < -0.4 is 5.32 Å². The lowest BCUT2D eigenvalue weighted by atomic mass is 10.1. The Balaban J connectivity index is 2.76. The molecule has 6 nitrogen and oxygen atoms in total. The van der Waals surface area contributed by atoms with Gasteiger partial charge in [0.2, 0.25) is 11.8 Å². The number of amides is 2. The molecule has 0 aromatic heterocycles. The zero-order chi connectivity index (χ0) is 15.1. The number of nitrogens with zero attached hydrogens (tertiary/aromatic N) is 1. The van der Waals surface area contributed by atoms with Crippen LogP contribution in [0.5, 0.6) is 0 Å². The Morgan fingerprint density at radius 1 is 1.40 bits per heavy atom. The summed E-state index contributed by atoms with van der Waals surface area (Å²) in [5.41, 5.74) is 0. The van der Waals surface area contributed by atoms with E-state index in [-0.39, 0.29) is 30.6 Å². The van der Waals surface area contributed by atoms with E-state index in [2.05, 4.69) is 12.2 Å². The summed E-state index contributed by atoms with van der Waals surface area (Å²) in [5.74, 6) is -0.366. The lowest BCUT2D eigenvalue weighted by Crippen LogP contribution is -2.55. The van der Waals surface area contributed by atoms with E-state index in [0.717, 1.165) is 25.8 Å². The van der Waals surface area contributed by atoms with Gasteiger partial charge < -0.3 is 19.7 Å². The molecule has 1 saturated heterocycles. The highest BCUT2D eigenvalue weighted by Gasteiger charge is 2.35. The highest BCUT2D eigenvalue weighted by Crippen LogP contribution is 2.21. The fourth-order valence-electron chi connectivity index (χ4n) is 2.59. The van der Waals surface area contributed by atoms with Gasteiger partial charge in [-0.2, -0.15) is 0 Å². The first-order chi connectivity index (χ1) is 9.54. The van der Waals surface area contributed by atoms with Gasteiger partial charge in [0.15, 0.2) is 0 Å². The Labute approximate surface area is 120 Å². The summed E-state index contributed by atoms with van der Waals surface area (Å²) >= 11 is 0. The van der Waals surface area contributed by atoms with Gasteiger partial charge in [0.1, 0.15) is 12.6 Å². The Morgan fingerprint density at radius 3 is 2.65 bits per heavy atom.